The van der Waals surface area contributed by atoms with Gasteiger partial charge >= 0.3 is 5.97 Å². The van der Waals surface area contributed by atoms with Crippen LogP contribution in [0.1, 0.15) is 27.3 Å². The predicted octanol–water partition coefficient (Wildman–Crippen LogP) is 3.29. The second-order valence-electron chi connectivity index (χ2n) is 6.05. The third-order valence-corrected chi connectivity index (χ3v) is 5.17. The Morgan fingerprint density at radius 3 is 2.63 bits per heavy atom. The Morgan fingerprint density at radius 2 is 2.00 bits per heavy atom. The van der Waals surface area contributed by atoms with Crippen LogP contribution >= 0.6 is 11.3 Å². The molecule has 1 amide bonds. The molecule has 9 heteroatoms. The molecule has 0 aliphatic carbocycles. The Kier molecular flexibility index (Phi) is 5.50. The molecule has 27 heavy (non-hydrogen) atoms. The fraction of sp³-hybridized carbons (Fsp3) is 0.278. The molecule has 2 heterocycles. The van der Waals surface area contributed by atoms with Crippen molar-refractivity contribution in [2.75, 3.05) is 0 Å². The lowest BCUT2D eigenvalue weighted by Gasteiger charge is -2.13. The van der Waals surface area contributed by atoms with E-state index in [0.717, 1.165) is 32.8 Å². The van der Waals surface area contributed by atoms with Gasteiger partial charge in [0.05, 0.1) is 17.1 Å². The van der Waals surface area contributed by atoms with Gasteiger partial charge in [-0.25, -0.2) is 13.6 Å². The highest BCUT2D eigenvalue weighted by molar-refractivity contribution is 7.20. The lowest BCUT2D eigenvalue weighted by atomic mass is 10.2. The number of aromatic nitrogens is 2. The second-order valence-corrected chi connectivity index (χ2v) is 7.08. The third-order valence-electron chi connectivity index (χ3n) is 4.02. The van der Waals surface area contributed by atoms with Crippen LogP contribution in [0.5, 0.6) is 0 Å². The number of carboxylic acids is 1. The number of alkyl halides is 2. The lowest BCUT2D eigenvalue weighted by molar-refractivity contribution is -0.140. The fourth-order valence-corrected chi connectivity index (χ4v) is 3.78. The Labute approximate surface area is 157 Å². The fourth-order valence-electron chi connectivity index (χ4n) is 2.72. The number of rotatable bonds is 7. The molecule has 0 bridgehead atoms. The van der Waals surface area contributed by atoms with E-state index in [1.807, 2.05) is 37.3 Å². The normalized spacial score (nSPS) is 12.4. The van der Waals surface area contributed by atoms with Crippen LogP contribution in [0.4, 0.5) is 8.78 Å². The number of nitrogens with one attached hydrogen (secondary N) is 1. The molecule has 142 valence electrons. The van der Waals surface area contributed by atoms with Crippen molar-refractivity contribution < 1.29 is 23.5 Å². The number of hydrogen-bond donors (Lipinski definition) is 2. The largest absolute Gasteiger partial charge is 0.480 e. The minimum atomic E-state index is -2.82. The van der Waals surface area contributed by atoms with E-state index >= 15 is 0 Å². The molecule has 1 unspecified atom stereocenters. The third kappa shape index (κ3) is 4.30. The summed E-state index contributed by atoms with van der Waals surface area (Å²) in [5, 5.41) is 16.4. The van der Waals surface area contributed by atoms with Gasteiger partial charge in [0.1, 0.15) is 10.9 Å². The molecule has 6 nitrogen and oxygen atoms in total. The maximum absolute atomic E-state index is 12.5. The maximum atomic E-state index is 12.5. The minimum Gasteiger partial charge on any atom is -0.480 e. The molecule has 0 saturated carbocycles. The monoisotopic (exact) mass is 393 g/mol. The Bertz CT molecular complexity index is 969. The summed E-state index contributed by atoms with van der Waals surface area (Å²) in [5.74, 6) is -2.17. The van der Waals surface area contributed by atoms with E-state index in [9.17, 15) is 18.4 Å². The van der Waals surface area contributed by atoms with Crippen LogP contribution in [0.3, 0.4) is 0 Å². The molecule has 0 aliphatic heterocycles. The van der Waals surface area contributed by atoms with Crippen LogP contribution in [0.25, 0.3) is 10.2 Å². The molecule has 1 atom stereocenters. The summed E-state index contributed by atoms with van der Waals surface area (Å²) in [7, 11) is 0. The molecule has 0 saturated heterocycles. The first-order valence-electron chi connectivity index (χ1n) is 8.18. The topological polar surface area (TPSA) is 84.2 Å². The number of fused-ring (bicyclic) bond motifs is 1. The lowest BCUT2D eigenvalue weighted by Crippen LogP contribution is -2.41. The first-order chi connectivity index (χ1) is 12.8. The summed E-state index contributed by atoms with van der Waals surface area (Å²) in [5.41, 5.74) is 1.78. The van der Waals surface area contributed by atoms with Crippen LogP contribution < -0.4 is 5.32 Å². The van der Waals surface area contributed by atoms with Gasteiger partial charge in [-0.15, -0.1) is 11.3 Å². The van der Waals surface area contributed by atoms with Crippen molar-refractivity contribution >= 4 is 33.4 Å². The average Bonchev–Trinajstić information content (AvgIpc) is 3.17. The number of halogens is 2. The van der Waals surface area contributed by atoms with Gasteiger partial charge in [0.15, 0.2) is 0 Å². The van der Waals surface area contributed by atoms with Crippen molar-refractivity contribution in [3.05, 3.63) is 52.5 Å². The smallest absolute Gasteiger partial charge is 0.326 e. The standard InChI is InChI=1S/C18H17F2N3O3S/c1-10-12-7-14(16(24)21-13(18(25)26)8-15(19)20)27-17(12)23(22-10)9-11-5-3-2-4-6-11/h2-7,13,15H,8-9H2,1H3,(H,21,24)(H,25,26). The highest BCUT2D eigenvalue weighted by Crippen LogP contribution is 2.29. The van der Waals surface area contributed by atoms with Crippen LogP contribution in [0.15, 0.2) is 36.4 Å². The summed E-state index contributed by atoms with van der Waals surface area (Å²) < 4.78 is 26.8. The van der Waals surface area contributed by atoms with Crippen molar-refractivity contribution in [2.45, 2.75) is 32.4 Å². The summed E-state index contributed by atoms with van der Waals surface area (Å²) in [6.07, 6.45) is -3.76. The highest BCUT2D eigenvalue weighted by atomic mass is 32.1. The van der Waals surface area contributed by atoms with Crippen LogP contribution in [0, 0.1) is 6.92 Å². The van der Waals surface area contributed by atoms with Gasteiger partial charge in [-0.2, -0.15) is 5.10 Å². The number of aryl methyl sites for hydroxylation is 1. The Morgan fingerprint density at radius 1 is 1.30 bits per heavy atom. The number of carboxylic acid groups (broad SMARTS) is 1. The molecule has 0 radical (unpaired) electrons. The number of amides is 1. The molecular weight excluding hydrogens is 376 g/mol. The van der Waals surface area contributed by atoms with Crippen molar-refractivity contribution in [2.24, 2.45) is 0 Å². The number of hydrogen-bond acceptors (Lipinski definition) is 4. The zero-order chi connectivity index (χ0) is 19.6. The van der Waals surface area contributed by atoms with E-state index in [1.165, 1.54) is 0 Å². The molecule has 3 aromatic rings. The highest BCUT2D eigenvalue weighted by Gasteiger charge is 2.26. The zero-order valence-corrected chi connectivity index (χ0v) is 15.2. The SMILES string of the molecule is Cc1nn(Cc2ccccc2)c2sc(C(=O)NC(CC(F)F)C(=O)O)cc12. The number of nitrogens with zero attached hydrogens (tertiary/aromatic N) is 2. The van der Waals surface area contributed by atoms with Crippen LogP contribution in [0.2, 0.25) is 0 Å². The molecule has 2 N–H and O–H groups in total. The van der Waals surface area contributed by atoms with Gasteiger partial charge in [0.25, 0.3) is 5.91 Å². The molecular formula is C18H17F2N3O3S. The first-order valence-corrected chi connectivity index (χ1v) is 8.99. The van der Waals surface area contributed by atoms with E-state index in [0.29, 0.717) is 6.54 Å². The van der Waals surface area contributed by atoms with E-state index in [2.05, 4.69) is 10.4 Å². The van der Waals surface area contributed by atoms with Gasteiger partial charge in [-0.1, -0.05) is 30.3 Å². The summed E-state index contributed by atoms with van der Waals surface area (Å²) in [4.78, 5) is 24.5. The van der Waals surface area contributed by atoms with Crippen LogP contribution in [-0.4, -0.2) is 39.2 Å². The van der Waals surface area contributed by atoms with Crippen molar-refractivity contribution in [1.29, 1.82) is 0 Å². The minimum absolute atomic E-state index is 0.257. The molecule has 3 rings (SSSR count). The summed E-state index contributed by atoms with van der Waals surface area (Å²) in [6, 6.07) is 9.66. The molecule has 0 aliphatic rings. The van der Waals surface area contributed by atoms with Gasteiger partial charge in [-0.3, -0.25) is 9.48 Å². The van der Waals surface area contributed by atoms with Crippen LogP contribution in [-0.2, 0) is 11.3 Å². The van der Waals surface area contributed by atoms with E-state index in [-0.39, 0.29) is 4.88 Å². The maximum Gasteiger partial charge on any atom is 0.326 e. The summed E-state index contributed by atoms with van der Waals surface area (Å²) in [6.45, 7) is 2.34. The van der Waals surface area contributed by atoms with Gasteiger partial charge < -0.3 is 10.4 Å². The quantitative estimate of drug-likeness (QED) is 0.645. The van der Waals surface area contributed by atoms with Crippen molar-refractivity contribution in [3.63, 3.8) is 0 Å². The number of carbonyl (C=O) groups excluding carboxylic acids is 1. The summed E-state index contributed by atoms with van der Waals surface area (Å²) >= 11 is 1.15. The second kappa shape index (κ2) is 7.83. The molecule has 1 aromatic carbocycles. The number of thiophene rings is 1. The Balaban J connectivity index is 1.84. The van der Waals surface area contributed by atoms with Gasteiger partial charge in [0, 0.05) is 11.8 Å². The number of benzene rings is 1. The first kappa shape index (κ1) is 19.0. The Hall–Kier alpha value is -2.81. The van der Waals surface area contributed by atoms with E-state index in [4.69, 9.17) is 5.11 Å². The molecule has 2 aromatic heterocycles. The predicted molar refractivity (Wildman–Crippen MR) is 97.4 cm³/mol. The molecule has 0 fully saturated rings. The van der Waals surface area contributed by atoms with Crippen molar-refractivity contribution in [1.82, 2.24) is 15.1 Å². The van der Waals surface area contributed by atoms with Gasteiger partial charge in [-0.05, 0) is 18.6 Å². The molecule has 0 spiro atoms. The average molecular weight is 393 g/mol. The number of carbonyl (C=O) groups is 2. The zero-order valence-electron chi connectivity index (χ0n) is 14.4. The number of aliphatic carboxylic acids is 1. The van der Waals surface area contributed by atoms with E-state index < -0.39 is 30.8 Å². The van der Waals surface area contributed by atoms with Crippen molar-refractivity contribution in [3.8, 4) is 0 Å². The van der Waals surface area contributed by atoms with E-state index in [1.54, 1.807) is 10.7 Å². The van der Waals surface area contributed by atoms with Gasteiger partial charge in [0.2, 0.25) is 6.43 Å².